The van der Waals surface area contributed by atoms with Gasteiger partial charge in [0.25, 0.3) is 0 Å². The molecule has 192 valence electrons. The zero-order valence-corrected chi connectivity index (χ0v) is 21.1. The summed E-state index contributed by atoms with van der Waals surface area (Å²) in [4.78, 5) is 11.8. The summed E-state index contributed by atoms with van der Waals surface area (Å²) in [5.41, 5.74) is 2.29. The lowest BCUT2D eigenvalue weighted by molar-refractivity contribution is -0.120. The van der Waals surface area contributed by atoms with Crippen molar-refractivity contribution in [2.24, 2.45) is 5.41 Å². The quantitative estimate of drug-likeness (QED) is 0.389. The number of hydrogen-bond donors (Lipinski definition) is 5. The van der Waals surface area contributed by atoms with Crippen LogP contribution >= 0.6 is 0 Å². The molecule has 0 aliphatic carbocycles. The van der Waals surface area contributed by atoms with E-state index in [0.29, 0.717) is 5.56 Å². The van der Waals surface area contributed by atoms with Crippen molar-refractivity contribution in [3.63, 3.8) is 0 Å². The SMILES string of the molecule is CC(=O)NC(Cc1cc(F)cc(F)c1)C(O)CNC1(C)CCNc2ccc(C(O)C(C)(C)C)cc21. The molecule has 0 radical (unpaired) electrons. The number of fused-ring (bicyclic) bond motifs is 1. The van der Waals surface area contributed by atoms with Gasteiger partial charge < -0.3 is 26.2 Å². The Morgan fingerprint density at radius 1 is 1.14 bits per heavy atom. The lowest BCUT2D eigenvalue weighted by atomic mass is 9.79. The molecule has 35 heavy (non-hydrogen) atoms. The third kappa shape index (κ3) is 6.78. The molecule has 1 aliphatic heterocycles. The first-order chi connectivity index (χ1) is 16.3. The number of nitrogens with one attached hydrogen (secondary N) is 3. The maximum absolute atomic E-state index is 13.7. The lowest BCUT2D eigenvalue weighted by Crippen LogP contribution is -2.53. The fourth-order valence-corrected chi connectivity index (χ4v) is 4.61. The molecule has 5 N–H and O–H groups in total. The summed E-state index contributed by atoms with van der Waals surface area (Å²) in [6.45, 7) is 10.2. The predicted molar refractivity (Wildman–Crippen MR) is 133 cm³/mol. The number of benzene rings is 2. The second-order valence-electron chi connectivity index (χ2n) is 10.8. The van der Waals surface area contributed by atoms with Gasteiger partial charge in [-0.15, -0.1) is 0 Å². The first-order valence-electron chi connectivity index (χ1n) is 12.0. The van der Waals surface area contributed by atoms with E-state index < -0.39 is 35.4 Å². The molecule has 0 spiro atoms. The Balaban J connectivity index is 1.79. The average molecular weight is 490 g/mol. The van der Waals surface area contributed by atoms with E-state index in [-0.39, 0.29) is 24.3 Å². The highest BCUT2D eigenvalue weighted by Crippen LogP contribution is 2.39. The molecule has 0 aromatic heterocycles. The van der Waals surface area contributed by atoms with Gasteiger partial charge in [0.05, 0.1) is 18.2 Å². The molecule has 0 fully saturated rings. The smallest absolute Gasteiger partial charge is 0.217 e. The monoisotopic (exact) mass is 489 g/mol. The maximum Gasteiger partial charge on any atom is 0.217 e. The third-order valence-corrected chi connectivity index (χ3v) is 6.65. The van der Waals surface area contributed by atoms with Crippen LogP contribution in [0.5, 0.6) is 0 Å². The summed E-state index contributed by atoms with van der Waals surface area (Å²) in [6, 6.07) is 8.34. The highest BCUT2D eigenvalue weighted by Gasteiger charge is 2.35. The molecule has 2 aromatic rings. The van der Waals surface area contributed by atoms with Gasteiger partial charge in [-0.1, -0.05) is 26.8 Å². The van der Waals surface area contributed by atoms with Crippen molar-refractivity contribution in [3.05, 3.63) is 64.7 Å². The summed E-state index contributed by atoms with van der Waals surface area (Å²) in [5.74, 6) is -1.76. The molecule has 0 saturated heterocycles. The van der Waals surface area contributed by atoms with Gasteiger partial charge in [0, 0.05) is 37.3 Å². The van der Waals surface area contributed by atoms with Gasteiger partial charge in [-0.3, -0.25) is 4.79 Å². The second-order valence-corrected chi connectivity index (χ2v) is 10.8. The number of rotatable bonds is 8. The Labute approximate surface area is 206 Å². The number of aliphatic hydroxyl groups is 2. The molecular weight excluding hydrogens is 452 g/mol. The molecule has 3 rings (SSSR count). The maximum atomic E-state index is 13.7. The van der Waals surface area contributed by atoms with Crippen LogP contribution in [0.2, 0.25) is 0 Å². The molecule has 1 amide bonds. The number of hydrogen-bond acceptors (Lipinski definition) is 5. The van der Waals surface area contributed by atoms with Gasteiger partial charge in [0.2, 0.25) is 5.91 Å². The first-order valence-corrected chi connectivity index (χ1v) is 12.0. The van der Waals surface area contributed by atoms with E-state index in [1.807, 2.05) is 45.9 Å². The molecule has 4 unspecified atom stereocenters. The summed E-state index contributed by atoms with van der Waals surface area (Å²) >= 11 is 0. The number of anilines is 1. The largest absolute Gasteiger partial charge is 0.390 e. The Kier molecular flexibility index (Phi) is 8.19. The standard InChI is InChI=1S/C27H37F2N3O3/c1-16(33)32-23(12-17-10-19(28)14-20(29)11-17)24(34)15-31-27(5)8-9-30-22-7-6-18(13-21(22)27)25(35)26(2,3)4/h6-7,10-11,13-14,23-25,30-31,34-35H,8-9,12,15H2,1-5H3,(H,32,33). The van der Waals surface area contributed by atoms with E-state index in [4.69, 9.17) is 0 Å². The van der Waals surface area contributed by atoms with Crippen LogP contribution in [0.15, 0.2) is 36.4 Å². The van der Waals surface area contributed by atoms with Gasteiger partial charge in [0.15, 0.2) is 0 Å². The minimum Gasteiger partial charge on any atom is -0.390 e. The van der Waals surface area contributed by atoms with Crippen molar-refractivity contribution in [1.82, 2.24) is 10.6 Å². The van der Waals surface area contributed by atoms with Crippen molar-refractivity contribution < 1.29 is 23.8 Å². The zero-order valence-electron chi connectivity index (χ0n) is 21.1. The van der Waals surface area contributed by atoms with E-state index >= 15 is 0 Å². The number of halogens is 2. The van der Waals surface area contributed by atoms with Gasteiger partial charge in [-0.25, -0.2) is 8.78 Å². The first kappa shape index (κ1) is 27.0. The lowest BCUT2D eigenvalue weighted by Gasteiger charge is -2.40. The van der Waals surface area contributed by atoms with Crippen LogP contribution in [-0.2, 0) is 16.8 Å². The van der Waals surface area contributed by atoms with E-state index in [2.05, 4.69) is 16.0 Å². The van der Waals surface area contributed by atoms with Crippen LogP contribution in [0.4, 0.5) is 14.5 Å². The van der Waals surface area contributed by atoms with E-state index in [9.17, 15) is 23.8 Å². The van der Waals surface area contributed by atoms with Crippen LogP contribution in [0.3, 0.4) is 0 Å². The number of amides is 1. The van der Waals surface area contributed by atoms with Crippen LogP contribution in [0.25, 0.3) is 0 Å². The molecule has 0 saturated carbocycles. The normalized spacial score (nSPS) is 20.4. The van der Waals surface area contributed by atoms with Crippen molar-refractivity contribution in [2.75, 3.05) is 18.4 Å². The number of aliphatic hydroxyl groups excluding tert-OH is 2. The van der Waals surface area contributed by atoms with Gasteiger partial charge in [0.1, 0.15) is 11.6 Å². The van der Waals surface area contributed by atoms with Crippen LogP contribution in [0, 0.1) is 17.0 Å². The summed E-state index contributed by atoms with van der Waals surface area (Å²) in [7, 11) is 0. The zero-order chi connectivity index (χ0) is 26.0. The average Bonchev–Trinajstić information content (AvgIpc) is 2.75. The van der Waals surface area contributed by atoms with Gasteiger partial charge >= 0.3 is 0 Å². The van der Waals surface area contributed by atoms with Gasteiger partial charge in [-0.05, 0) is 66.1 Å². The Morgan fingerprint density at radius 3 is 2.40 bits per heavy atom. The van der Waals surface area contributed by atoms with Crippen molar-refractivity contribution in [3.8, 4) is 0 Å². The molecule has 1 aliphatic rings. The summed E-state index contributed by atoms with van der Waals surface area (Å²) in [6.07, 6.45) is -0.834. The Bertz CT molecular complexity index is 1040. The predicted octanol–water partition coefficient (Wildman–Crippen LogP) is 3.77. The van der Waals surface area contributed by atoms with E-state index in [1.165, 1.54) is 19.1 Å². The molecule has 2 aromatic carbocycles. The Morgan fingerprint density at radius 2 is 1.80 bits per heavy atom. The fraction of sp³-hybridized carbons (Fsp3) is 0.519. The number of carbonyl (C=O) groups is 1. The molecular formula is C27H37F2N3O3. The second kappa shape index (κ2) is 10.6. The molecule has 8 heteroatoms. The molecule has 0 bridgehead atoms. The molecule has 4 atom stereocenters. The molecule has 1 heterocycles. The molecule has 6 nitrogen and oxygen atoms in total. The highest BCUT2D eigenvalue weighted by molar-refractivity contribution is 5.73. The number of carbonyl (C=O) groups excluding carboxylic acids is 1. The van der Waals surface area contributed by atoms with Crippen LogP contribution in [-0.4, -0.2) is 41.4 Å². The summed E-state index contributed by atoms with van der Waals surface area (Å²) in [5, 5.41) is 31.3. The van der Waals surface area contributed by atoms with E-state index in [1.54, 1.807) is 0 Å². The van der Waals surface area contributed by atoms with Crippen LogP contribution < -0.4 is 16.0 Å². The third-order valence-electron chi connectivity index (χ3n) is 6.65. The minimum absolute atomic E-state index is 0.0773. The van der Waals surface area contributed by atoms with Crippen molar-refractivity contribution >= 4 is 11.6 Å². The minimum atomic E-state index is -1.01. The van der Waals surface area contributed by atoms with E-state index in [0.717, 1.165) is 35.8 Å². The highest BCUT2D eigenvalue weighted by atomic mass is 19.1. The van der Waals surface area contributed by atoms with Crippen LogP contribution in [0.1, 0.15) is 63.8 Å². The van der Waals surface area contributed by atoms with Crippen molar-refractivity contribution in [1.29, 1.82) is 0 Å². The summed E-state index contributed by atoms with van der Waals surface area (Å²) < 4.78 is 27.3. The van der Waals surface area contributed by atoms with Gasteiger partial charge in [-0.2, -0.15) is 0 Å². The van der Waals surface area contributed by atoms with Crippen molar-refractivity contribution in [2.45, 2.75) is 71.2 Å². The Hall–Kier alpha value is -2.55. The topological polar surface area (TPSA) is 93.6 Å². The fourth-order valence-electron chi connectivity index (χ4n) is 4.61.